The number of nitro benzene ring substituents is 1. The van der Waals surface area contributed by atoms with E-state index in [4.69, 9.17) is 17.3 Å². The Morgan fingerprint density at radius 2 is 2.15 bits per heavy atom. The van der Waals surface area contributed by atoms with Gasteiger partial charge in [-0.05, 0) is 25.5 Å². The van der Waals surface area contributed by atoms with Gasteiger partial charge in [0.2, 0.25) is 5.91 Å². The van der Waals surface area contributed by atoms with Gasteiger partial charge in [-0.2, -0.15) is 0 Å². The first-order valence-electron chi connectivity index (χ1n) is 5.84. The zero-order chi connectivity index (χ0) is 15.3. The average molecular weight is 300 g/mol. The molecule has 0 aromatic heterocycles. The summed E-state index contributed by atoms with van der Waals surface area (Å²) in [6, 6.07) is 3.48. The summed E-state index contributed by atoms with van der Waals surface area (Å²) >= 11 is 5.72. The third-order valence-corrected chi connectivity index (χ3v) is 2.91. The third-order valence-electron chi connectivity index (χ3n) is 2.61. The summed E-state index contributed by atoms with van der Waals surface area (Å²) in [5.74, 6) is -0.858. The first kappa shape index (κ1) is 15.9. The molecule has 1 unspecified atom stereocenters. The molecule has 0 radical (unpaired) electrons. The van der Waals surface area contributed by atoms with Crippen molar-refractivity contribution in [2.75, 3.05) is 0 Å². The van der Waals surface area contributed by atoms with E-state index in [0.29, 0.717) is 6.42 Å². The van der Waals surface area contributed by atoms with Gasteiger partial charge in [0, 0.05) is 24.1 Å². The van der Waals surface area contributed by atoms with Crippen molar-refractivity contribution in [3.63, 3.8) is 0 Å². The van der Waals surface area contributed by atoms with Crippen LogP contribution in [0.5, 0.6) is 0 Å². The van der Waals surface area contributed by atoms with Crippen LogP contribution < -0.4 is 11.1 Å². The van der Waals surface area contributed by atoms with E-state index in [1.54, 1.807) is 6.92 Å². The monoisotopic (exact) mass is 299 g/mol. The lowest BCUT2D eigenvalue weighted by atomic mass is 10.1. The van der Waals surface area contributed by atoms with Gasteiger partial charge in [-0.3, -0.25) is 19.7 Å². The van der Waals surface area contributed by atoms with Gasteiger partial charge in [0.05, 0.1) is 4.92 Å². The van der Waals surface area contributed by atoms with Crippen LogP contribution in [-0.2, 0) is 4.79 Å². The summed E-state index contributed by atoms with van der Waals surface area (Å²) in [7, 11) is 0. The Morgan fingerprint density at radius 1 is 1.50 bits per heavy atom. The SMILES string of the molecule is CC(CCC(N)=O)NC(=O)c1ccc([N+](=O)[O-])c(Cl)c1. The van der Waals surface area contributed by atoms with Crippen LogP contribution in [0.4, 0.5) is 5.69 Å². The lowest BCUT2D eigenvalue weighted by Gasteiger charge is -2.13. The fourth-order valence-electron chi connectivity index (χ4n) is 1.53. The molecule has 0 saturated heterocycles. The molecule has 8 heteroatoms. The quantitative estimate of drug-likeness (QED) is 0.613. The molecule has 0 saturated carbocycles. The van der Waals surface area contributed by atoms with Gasteiger partial charge in [-0.25, -0.2) is 0 Å². The molecule has 1 aromatic carbocycles. The number of amides is 2. The highest BCUT2D eigenvalue weighted by atomic mass is 35.5. The summed E-state index contributed by atoms with van der Waals surface area (Å²) in [5, 5.41) is 13.2. The molecule has 0 aliphatic carbocycles. The van der Waals surface area contributed by atoms with E-state index in [-0.39, 0.29) is 28.7 Å². The Labute approximate surface area is 120 Å². The summed E-state index contributed by atoms with van der Waals surface area (Å²) in [6.07, 6.45) is 0.588. The highest BCUT2D eigenvalue weighted by molar-refractivity contribution is 6.33. The minimum Gasteiger partial charge on any atom is -0.370 e. The Morgan fingerprint density at radius 3 is 2.65 bits per heavy atom. The number of nitrogens with one attached hydrogen (secondary N) is 1. The molecule has 0 bridgehead atoms. The highest BCUT2D eigenvalue weighted by Crippen LogP contribution is 2.24. The minimum atomic E-state index is -0.625. The third kappa shape index (κ3) is 4.51. The van der Waals surface area contributed by atoms with Gasteiger partial charge in [-0.15, -0.1) is 0 Å². The van der Waals surface area contributed by atoms with Gasteiger partial charge in [0.15, 0.2) is 0 Å². The summed E-state index contributed by atoms with van der Waals surface area (Å²) in [6.45, 7) is 1.73. The fraction of sp³-hybridized carbons (Fsp3) is 0.333. The zero-order valence-electron chi connectivity index (χ0n) is 10.8. The molecule has 0 heterocycles. The second-order valence-electron chi connectivity index (χ2n) is 4.30. The van der Waals surface area contributed by atoms with E-state index < -0.39 is 16.7 Å². The molecule has 108 valence electrons. The molecule has 0 aliphatic heterocycles. The van der Waals surface area contributed by atoms with Crippen LogP contribution >= 0.6 is 11.6 Å². The van der Waals surface area contributed by atoms with Gasteiger partial charge in [0.1, 0.15) is 5.02 Å². The molecule has 1 atom stereocenters. The molecule has 0 aliphatic rings. The van der Waals surface area contributed by atoms with Crippen molar-refractivity contribution in [2.45, 2.75) is 25.8 Å². The number of nitrogens with two attached hydrogens (primary N) is 1. The number of hydrogen-bond acceptors (Lipinski definition) is 4. The molecule has 7 nitrogen and oxygen atoms in total. The molecule has 0 fully saturated rings. The minimum absolute atomic E-state index is 0.104. The standard InChI is InChI=1S/C12H14ClN3O4/c1-7(2-5-11(14)17)15-12(18)8-3-4-10(16(19)20)9(13)6-8/h3-4,6-7H,2,5H2,1H3,(H2,14,17)(H,15,18). The van der Waals surface area contributed by atoms with Crippen molar-refractivity contribution in [3.8, 4) is 0 Å². The lowest BCUT2D eigenvalue weighted by molar-refractivity contribution is -0.384. The smallest absolute Gasteiger partial charge is 0.287 e. The first-order valence-corrected chi connectivity index (χ1v) is 6.22. The Hall–Kier alpha value is -2.15. The summed E-state index contributed by atoms with van der Waals surface area (Å²) < 4.78 is 0. The second kappa shape index (κ2) is 6.85. The van der Waals surface area contributed by atoms with Crippen molar-refractivity contribution in [3.05, 3.63) is 38.9 Å². The van der Waals surface area contributed by atoms with Crippen molar-refractivity contribution >= 4 is 29.1 Å². The molecular weight excluding hydrogens is 286 g/mol. The number of halogens is 1. The number of benzene rings is 1. The predicted octanol–water partition coefficient (Wildman–Crippen LogP) is 1.63. The molecular formula is C12H14ClN3O4. The molecule has 1 rings (SSSR count). The predicted molar refractivity (Wildman–Crippen MR) is 73.5 cm³/mol. The first-order chi connectivity index (χ1) is 9.31. The normalized spacial score (nSPS) is 11.7. The molecule has 3 N–H and O–H groups in total. The van der Waals surface area contributed by atoms with Crippen LogP contribution in [-0.4, -0.2) is 22.8 Å². The molecule has 20 heavy (non-hydrogen) atoms. The topological polar surface area (TPSA) is 115 Å². The van der Waals surface area contributed by atoms with E-state index in [2.05, 4.69) is 5.32 Å². The molecule has 0 spiro atoms. The Kier molecular flexibility index (Phi) is 5.45. The van der Waals surface area contributed by atoms with E-state index in [1.165, 1.54) is 18.2 Å². The molecule has 2 amide bonds. The Balaban J connectivity index is 2.71. The van der Waals surface area contributed by atoms with Gasteiger partial charge >= 0.3 is 0 Å². The maximum atomic E-state index is 11.9. The maximum Gasteiger partial charge on any atom is 0.287 e. The fourth-order valence-corrected chi connectivity index (χ4v) is 1.78. The van der Waals surface area contributed by atoms with Gasteiger partial charge in [0.25, 0.3) is 11.6 Å². The number of primary amides is 1. The number of nitrogens with zero attached hydrogens (tertiary/aromatic N) is 1. The van der Waals surface area contributed by atoms with Crippen LogP contribution in [0.25, 0.3) is 0 Å². The van der Waals surface area contributed by atoms with Crippen molar-refractivity contribution in [2.24, 2.45) is 5.73 Å². The lowest BCUT2D eigenvalue weighted by Crippen LogP contribution is -2.33. The number of hydrogen-bond donors (Lipinski definition) is 2. The van der Waals surface area contributed by atoms with Crippen molar-refractivity contribution < 1.29 is 14.5 Å². The summed E-state index contributed by atoms with van der Waals surface area (Å²) in [4.78, 5) is 32.5. The van der Waals surface area contributed by atoms with E-state index >= 15 is 0 Å². The van der Waals surface area contributed by atoms with Gasteiger partial charge < -0.3 is 11.1 Å². The number of rotatable bonds is 6. The van der Waals surface area contributed by atoms with Crippen LogP contribution in [0.2, 0.25) is 5.02 Å². The van der Waals surface area contributed by atoms with Crippen molar-refractivity contribution in [1.82, 2.24) is 5.32 Å². The van der Waals surface area contributed by atoms with Crippen LogP contribution in [0, 0.1) is 10.1 Å². The number of carbonyl (C=O) groups excluding carboxylic acids is 2. The number of carbonyl (C=O) groups is 2. The van der Waals surface area contributed by atoms with Crippen LogP contribution in [0.15, 0.2) is 18.2 Å². The van der Waals surface area contributed by atoms with E-state index in [9.17, 15) is 19.7 Å². The zero-order valence-corrected chi connectivity index (χ0v) is 11.5. The van der Waals surface area contributed by atoms with E-state index in [1.807, 2.05) is 0 Å². The number of nitro groups is 1. The van der Waals surface area contributed by atoms with Crippen molar-refractivity contribution in [1.29, 1.82) is 0 Å². The summed E-state index contributed by atoms with van der Waals surface area (Å²) in [5.41, 5.74) is 4.97. The van der Waals surface area contributed by atoms with E-state index in [0.717, 1.165) is 0 Å². The van der Waals surface area contributed by atoms with Gasteiger partial charge in [-0.1, -0.05) is 11.6 Å². The van der Waals surface area contributed by atoms with Crippen LogP contribution in [0.1, 0.15) is 30.1 Å². The molecule has 1 aromatic rings. The highest BCUT2D eigenvalue weighted by Gasteiger charge is 2.16. The Bertz CT molecular complexity index is 548. The van der Waals surface area contributed by atoms with Crippen LogP contribution in [0.3, 0.4) is 0 Å². The average Bonchev–Trinajstić information content (AvgIpc) is 2.35. The second-order valence-corrected chi connectivity index (χ2v) is 4.71. The largest absolute Gasteiger partial charge is 0.370 e. The maximum absolute atomic E-state index is 11.9.